The van der Waals surface area contributed by atoms with E-state index in [1.807, 2.05) is 23.1 Å². The van der Waals surface area contributed by atoms with Gasteiger partial charge in [-0.1, -0.05) is 35.5 Å². The van der Waals surface area contributed by atoms with E-state index in [-0.39, 0.29) is 11.8 Å². The van der Waals surface area contributed by atoms with Crippen molar-refractivity contribution in [2.45, 2.75) is 31.6 Å². The quantitative estimate of drug-likeness (QED) is 0.743. The van der Waals surface area contributed by atoms with Crippen molar-refractivity contribution >= 4 is 5.91 Å². The number of methoxy groups -OCH3 is 1. The van der Waals surface area contributed by atoms with E-state index in [9.17, 15) is 4.79 Å². The first kappa shape index (κ1) is 16.6. The van der Waals surface area contributed by atoms with Crippen molar-refractivity contribution in [2.75, 3.05) is 26.8 Å². The van der Waals surface area contributed by atoms with Crippen LogP contribution in [-0.4, -0.2) is 47.8 Å². The van der Waals surface area contributed by atoms with E-state index in [0.717, 1.165) is 12.8 Å². The highest BCUT2D eigenvalue weighted by molar-refractivity contribution is 5.77. The van der Waals surface area contributed by atoms with E-state index in [1.165, 1.54) is 5.56 Å². The molecule has 1 saturated heterocycles. The van der Waals surface area contributed by atoms with Crippen LogP contribution in [0.1, 0.15) is 36.0 Å². The first-order valence-electron chi connectivity index (χ1n) is 8.39. The second-order valence-electron chi connectivity index (χ2n) is 6.13. The SMILES string of the molecule is COCCc1noc(C2CN(C(=O)CCCc3ccccc3)C2)n1. The lowest BCUT2D eigenvalue weighted by Crippen LogP contribution is -2.48. The van der Waals surface area contributed by atoms with Crippen LogP contribution in [0.4, 0.5) is 0 Å². The van der Waals surface area contributed by atoms with Gasteiger partial charge in [0.25, 0.3) is 0 Å². The number of rotatable bonds is 8. The zero-order chi connectivity index (χ0) is 16.8. The van der Waals surface area contributed by atoms with Crippen LogP contribution in [0, 0.1) is 0 Å². The van der Waals surface area contributed by atoms with Gasteiger partial charge >= 0.3 is 0 Å². The van der Waals surface area contributed by atoms with Crippen molar-refractivity contribution in [3.63, 3.8) is 0 Å². The smallest absolute Gasteiger partial charge is 0.233 e. The van der Waals surface area contributed by atoms with E-state index >= 15 is 0 Å². The summed E-state index contributed by atoms with van der Waals surface area (Å²) in [7, 11) is 1.65. The number of likely N-dealkylation sites (tertiary alicyclic amines) is 1. The number of carbonyl (C=O) groups is 1. The Kier molecular flexibility index (Phi) is 5.59. The van der Waals surface area contributed by atoms with Gasteiger partial charge in [-0.3, -0.25) is 4.79 Å². The predicted octanol–water partition coefficient (Wildman–Crippen LogP) is 2.21. The molecule has 0 radical (unpaired) electrons. The van der Waals surface area contributed by atoms with E-state index in [0.29, 0.717) is 44.3 Å². The molecular formula is C18H23N3O3. The van der Waals surface area contributed by atoms with Gasteiger partial charge in [-0.2, -0.15) is 4.98 Å². The number of amides is 1. The second-order valence-corrected chi connectivity index (χ2v) is 6.13. The maximum atomic E-state index is 12.2. The Hall–Kier alpha value is -2.21. The Morgan fingerprint density at radius 2 is 2.08 bits per heavy atom. The molecule has 0 bridgehead atoms. The summed E-state index contributed by atoms with van der Waals surface area (Å²) < 4.78 is 10.3. The average molecular weight is 329 g/mol. The summed E-state index contributed by atoms with van der Waals surface area (Å²) in [5, 5.41) is 3.94. The molecule has 0 atom stereocenters. The van der Waals surface area contributed by atoms with Crippen LogP contribution in [0.2, 0.25) is 0 Å². The topological polar surface area (TPSA) is 68.5 Å². The van der Waals surface area contributed by atoms with Crippen LogP contribution >= 0.6 is 0 Å². The van der Waals surface area contributed by atoms with Gasteiger partial charge in [-0.05, 0) is 18.4 Å². The number of aryl methyl sites for hydroxylation is 1. The number of carbonyl (C=O) groups excluding carboxylic acids is 1. The minimum absolute atomic E-state index is 0.173. The summed E-state index contributed by atoms with van der Waals surface area (Å²) in [6.45, 7) is 1.93. The zero-order valence-electron chi connectivity index (χ0n) is 14.0. The van der Waals surface area contributed by atoms with Crippen LogP contribution in [0.3, 0.4) is 0 Å². The van der Waals surface area contributed by atoms with Gasteiger partial charge in [0.2, 0.25) is 11.8 Å². The van der Waals surface area contributed by atoms with Gasteiger partial charge in [0.1, 0.15) is 0 Å². The lowest BCUT2D eigenvalue weighted by atomic mass is 9.99. The van der Waals surface area contributed by atoms with Crippen molar-refractivity contribution in [3.8, 4) is 0 Å². The molecule has 1 amide bonds. The van der Waals surface area contributed by atoms with E-state index < -0.39 is 0 Å². The Morgan fingerprint density at radius 1 is 1.29 bits per heavy atom. The zero-order valence-corrected chi connectivity index (χ0v) is 14.0. The van der Waals surface area contributed by atoms with Crippen LogP contribution in [0.15, 0.2) is 34.9 Å². The van der Waals surface area contributed by atoms with Crippen LogP contribution in [0.25, 0.3) is 0 Å². The number of benzene rings is 1. The van der Waals surface area contributed by atoms with Crippen molar-refractivity contribution in [1.82, 2.24) is 15.0 Å². The first-order valence-corrected chi connectivity index (χ1v) is 8.39. The van der Waals surface area contributed by atoms with E-state index in [1.54, 1.807) is 7.11 Å². The van der Waals surface area contributed by atoms with E-state index in [2.05, 4.69) is 22.3 Å². The molecule has 1 aromatic heterocycles. The summed E-state index contributed by atoms with van der Waals surface area (Å²) in [5.74, 6) is 1.68. The molecule has 1 fully saturated rings. The number of hydrogen-bond donors (Lipinski definition) is 0. The van der Waals surface area contributed by atoms with Crippen molar-refractivity contribution in [1.29, 1.82) is 0 Å². The van der Waals surface area contributed by atoms with Gasteiger partial charge in [-0.15, -0.1) is 0 Å². The van der Waals surface area contributed by atoms with Gasteiger partial charge in [-0.25, -0.2) is 0 Å². The molecule has 1 aliphatic heterocycles. The molecule has 2 aromatic rings. The molecule has 0 aliphatic carbocycles. The third-order valence-corrected chi connectivity index (χ3v) is 4.30. The molecule has 0 spiro atoms. The fourth-order valence-electron chi connectivity index (χ4n) is 2.81. The predicted molar refractivity (Wildman–Crippen MR) is 88.6 cm³/mol. The molecule has 3 rings (SSSR count). The van der Waals surface area contributed by atoms with Gasteiger partial charge in [0.15, 0.2) is 5.82 Å². The van der Waals surface area contributed by atoms with Crippen LogP contribution in [0.5, 0.6) is 0 Å². The monoisotopic (exact) mass is 329 g/mol. The minimum atomic E-state index is 0.173. The van der Waals surface area contributed by atoms with Crippen molar-refractivity contribution in [3.05, 3.63) is 47.6 Å². The average Bonchev–Trinajstić information content (AvgIpc) is 3.01. The molecule has 6 heteroatoms. The molecule has 2 heterocycles. The highest BCUT2D eigenvalue weighted by Crippen LogP contribution is 2.26. The summed E-state index contributed by atoms with van der Waals surface area (Å²) in [5.41, 5.74) is 1.28. The van der Waals surface area contributed by atoms with Gasteiger partial charge < -0.3 is 14.2 Å². The van der Waals surface area contributed by atoms with Gasteiger partial charge in [0.05, 0.1) is 12.5 Å². The molecule has 6 nitrogen and oxygen atoms in total. The molecule has 0 N–H and O–H groups in total. The Bertz CT molecular complexity index is 651. The number of nitrogens with zero attached hydrogens (tertiary/aromatic N) is 3. The van der Waals surface area contributed by atoms with Crippen molar-refractivity contribution < 1.29 is 14.1 Å². The Morgan fingerprint density at radius 3 is 2.83 bits per heavy atom. The third-order valence-electron chi connectivity index (χ3n) is 4.30. The fraction of sp³-hybridized carbons (Fsp3) is 0.500. The summed E-state index contributed by atoms with van der Waals surface area (Å²) >= 11 is 0. The normalized spacial score (nSPS) is 14.6. The highest BCUT2D eigenvalue weighted by Gasteiger charge is 2.35. The van der Waals surface area contributed by atoms with E-state index in [4.69, 9.17) is 9.26 Å². The third kappa shape index (κ3) is 4.20. The molecule has 1 aromatic carbocycles. The fourth-order valence-corrected chi connectivity index (χ4v) is 2.81. The number of aromatic nitrogens is 2. The van der Waals surface area contributed by atoms with Crippen LogP contribution < -0.4 is 0 Å². The maximum absolute atomic E-state index is 12.2. The number of ether oxygens (including phenoxy) is 1. The summed E-state index contributed by atoms with van der Waals surface area (Å²) in [6.07, 6.45) is 3.06. The minimum Gasteiger partial charge on any atom is -0.384 e. The highest BCUT2D eigenvalue weighted by atomic mass is 16.5. The molecule has 128 valence electrons. The standard InChI is InChI=1S/C18H23N3O3/c1-23-11-10-16-19-18(24-20-16)15-12-21(13-15)17(22)9-5-8-14-6-3-2-4-7-14/h2-4,6-7,15H,5,8-13H2,1H3. The lowest BCUT2D eigenvalue weighted by molar-refractivity contribution is -0.136. The lowest BCUT2D eigenvalue weighted by Gasteiger charge is -2.37. The molecule has 24 heavy (non-hydrogen) atoms. The molecule has 0 saturated carbocycles. The Balaban J connectivity index is 1.38. The Labute approximate surface area is 141 Å². The summed E-state index contributed by atoms with van der Waals surface area (Å²) in [4.78, 5) is 18.4. The van der Waals surface area contributed by atoms with Crippen molar-refractivity contribution in [2.24, 2.45) is 0 Å². The van der Waals surface area contributed by atoms with Gasteiger partial charge in [0, 0.05) is 33.0 Å². The second kappa shape index (κ2) is 8.06. The summed E-state index contributed by atoms with van der Waals surface area (Å²) in [6, 6.07) is 10.3. The maximum Gasteiger partial charge on any atom is 0.233 e. The number of hydrogen-bond acceptors (Lipinski definition) is 5. The molecule has 1 aliphatic rings. The first-order chi connectivity index (χ1) is 11.8. The largest absolute Gasteiger partial charge is 0.384 e. The molecule has 0 unspecified atom stereocenters. The molecular weight excluding hydrogens is 306 g/mol. The van der Waals surface area contributed by atoms with Crippen LogP contribution in [-0.2, 0) is 22.4 Å².